The third-order valence-corrected chi connectivity index (χ3v) is 4.98. The van der Waals surface area contributed by atoms with Gasteiger partial charge in [-0.25, -0.2) is 0 Å². The van der Waals surface area contributed by atoms with Crippen LogP contribution in [-0.2, 0) is 24.2 Å². The molecule has 0 saturated carbocycles. The molecule has 3 nitrogen and oxygen atoms in total. The van der Waals surface area contributed by atoms with Crippen LogP contribution in [0.15, 0.2) is 48.5 Å². The van der Waals surface area contributed by atoms with Crippen LogP contribution in [-0.4, -0.2) is 30.4 Å². The molecule has 0 unspecified atom stereocenters. The van der Waals surface area contributed by atoms with Crippen LogP contribution in [0.3, 0.4) is 0 Å². The summed E-state index contributed by atoms with van der Waals surface area (Å²) in [5, 5.41) is 0. The number of rotatable bonds is 2. The van der Waals surface area contributed by atoms with Crippen LogP contribution in [0.1, 0.15) is 23.1 Å². The van der Waals surface area contributed by atoms with Crippen molar-refractivity contribution in [2.24, 2.45) is 0 Å². The van der Waals surface area contributed by atoms with E-state index in [2.05, 4.69) is 47.4 Å². The standard InChI is InChI=1S/C20H22N2O/c23-20(22-12-5-9-17-7-3-4-10-19(17)22)15-21-13-11-16-6-1-2-8-18(16)14-21/h1-4,6-8,10H,5,9,11-15H2. The van der Waals surface area contributed by atoms with Gasteiger partial charge in [0.2, 0.25) is 5.91 Å². The molecule has 1 amide bonds. The lowest BCUT2D eigenvalue weighted by Crippen LogP contribution is -2.44. The zero-order valence-corrected chi connectivity index (χ0v) is 13.4. The molecule has 2 aliphatic rings. The first-order valence-corrected chi connectivity index (χ1v) is 8.49. The van der Waals surface area contributed by atoms with Crippen LogP contribution in [0.4, 0.5) is 5.69 Å². The lowest BCUT2D eigenvalue weighted by molar-refractivity contribution is -0.120. The second kappa shape index (κ2) is 6.17. The Hall–Kier alpha value is -2.13. The minimum atomic E-state index is 0.233. The second-order valence-corrected chi connectivity index (χ2v) is 6.51. The predicted molar refractivity (Wildman–Crippen MR) is 92.5 cm³/mol. The van der Waals surface area contributed by atoms with Crippen molar-refractivity contribution in [3.05, 3.63) is 65.2 Å². The Morgan fingerprint density at radius 3 is 2.48 bits per heavy atom. The van der Waals surface area contributed by atoms with Crippen molar-refractivity contribution in [2.75, 3.05) is 24.5 Å². The molecule has 2 aromatic rings. The first-order valence-electron chi connectivity index (χ1n) is 8.49. The monoisotopic (exact) mass is 306 g/mol. The van der Waals surface area contributed by atoms with Gasteiger partial charge in [-0.15, -0.1) is 0 Å². The van der Waals surface area contributed by atoms with Gasteiger partial charge in [0.1, 0.15) is 0 Å². The molecule has 0 N–H and O–H groups in total. The summed E-state index contributed by atoms with van der Waals surface area (Å²) in [5.41, 5.74) is 5.21. The van der Waals surface area contributed by atoms with E-state index in [4.69, 9.17) is 0 Å². The van der Waals surface area contributed by atoms with Crippen LogP contribution in [0, 0.1) is 0 Å². The molecule has 4 rings (SSSR count). The summed E-state index contributed by atoms with van der Waals surface area (Å²) >= 11 is 0. The number of hydrogen-bond acceptors (Lipinski definition) is 2. The average Bonchev–Trinajstić information content (AvgIpc) is 2.61. The van der Waals surface area contributed by atoms with Gasteiger partial charge >= 0.3 is 0 Å². The largest absolute Gasteiger partial charge is 0.311 e. The summed E-state index contributed by atoms with van der Waals surface area (Å²) in [7, 11) is 0. The topological polar surface area (TPSA) is 23.6 Å². The Kier molecular flexibility index (Phi) is 3.88. The molecule has 2 aliphatic heterocycles. The highest BCUT2D eigenvalue weighted by atomic mass is 16.2. The number of fused-ring (bicyclic) bond motifs is 2. The zero-order valence-electron chi connectivity index (χ0n) is 13.4. The van der Waals surface area contributed by atoms with E-state index in [9.17, 15) is 4.79 Å². The van der Waals surface area contributed by atoms with Gasteiger partial charge in [-0.2, -0.15) is 0 Å². The van der Waals surface area contributed by atoms with Gasteiger partial charge in [0.25, 0.3) is 0 Å². The number of hydrogen-bond donors (Lipinski definition) is 0. The molecule has 118 valence electrons. The van der Waals surface area contributed by atoms with E-state index in [1.54, 1.807) is 0 Å². The van der Waals surface area contributed by atoms with Crippen molar-refractivity contribution in [2.45, 2.75) is 25.8 Å². The molecule has 2 aromatic carbocycles. The van der Waals surface area contributed by atoms with Crippen molar-refractivity contribution in [3.63, 3.8) is 0 Å². The fourth-order valence-electron chi connectivity index (χ4n) is 3.76. The summed E-state index contributed by atoms with van der Waals surface area (Å²) < 4.78 is 0. The molecular weight excluding hydrogens is 284 g/mol. The van der Waals surface area contributed by atoms with Crippen molar-refractivity contribution < 1.29 is 4.79 Å². The predicted octanol–water partition coefficient (Wildman–Crippen LogP) is 3.02. The van der Waals surface area contributed by atoms with Gasteiger partial charge in [-0.1, -0.05) is 42.5 Å². The van der Waals surface area contributed by atoms with Crippen LogP contribution in [0.25, 0.3) is 0 Å². The molecular formula is C20H22N2O. The normalized spacial score (nSPS) is 17.5. The molecule has 0 atom stereocenters. The van der Waals surface area contributed by atoms with E-state index in [1.165, 1.54) is 16.7 Å². The number of carbonyl (C=O) groups excluding carboxylic acids is 1. The number of para-hydroxylation sites is 1. The van der Waals surface area contributed by atoms with Gasteiger partial charge in [0.15, 0.2) is 0 Å². The zero-order chi connectivity index (χ0) is 15.6. The Bertz CT molecular complexity index is 725. The molecule has 0 bridgehead atoms. The first-order chi connectivity index (χ1) is 11.3. The Labute approximate surface area is 137 Å². The third-order valence-electron chi connectivity index (χ3n) is 4.98. The summed E-state index contributed by atoms with van der Waals surface area (Å²) in [6, 6.07) is 16.9. The molecule has 3 heteroatoms. The van der Waals surface area contributed by atoms with E-state index in [-0.39, 0.29) is 5.91 Å². The minimum Gasteiger partial charge on any atom is -0.311 e. The van der Waals surface area contributed by atoms with Gasteiger partial charge in [-0.05, 0) is 42.0 Å². The third kappa shape index (κ3) is 2.89. The van der Waals surface area contributed by atoms with Crippen molar-refractivity contribution in [3.8, 4) is 0 Å². The first kappa shape index (κ1) is 14.5. The lowest BCUT2D eigenvalue weighted by Gasteiger charge is -2.33. The van der Waals surface area contributed by atoms with E-state index in [0.29, 0.717) is 6.54 Å². The number of carbonyl (C=O) groups is 1. The van der Waals surface area contributed by atoms with Crippen LogP contribution < -0.4 is 4.90 Å². The van der Waals surface area contributed by atoms with Gasteiger partial charge in [-0.3, -0.25) is 9.69 Å². The highest BCUT2D eigenvalue weighted by Gasteiger charge is 2.25. The van der Waals surface area contributed by atoms with Gasteiger partial charge < -0.3 is 4.90 Å². The maximum Gasteiger partial charge on any atom is 0.241 e. The highest BCUT2D eigenvalue weighted by molar-refractivity contribution is 5.96. The van der Waals surface area contributed by atoms with Gasteiger partial charge in [0, 0.05) is 25.3 Å². The number of anilines is 1. The second-order valence-electron chi connectivity index (χ2n) is 6.51. The molecule has 0 aliphatic carbocycles. The average molecular weight is 306 g/mol. The molecule has 0 spiro atoms. The number of aryl methyl sites for hydroxylation is 1. The summed E-state index contributed by atoms with van der Waals surface area (Å²) in [6.07, 6.45) is 3.18. The van der Waals surface area contributed by atoms with Crippen molar-refractivity contribution in [1.82, 2.24) is 4.90 Å². The molecule has 0 saturated heterocycles. The van der Waals surface area contributed by atoms with Crippen LogP contribution in [0.5, 0.6) is 0 Å². The fraction of sp³-hybridized carbons (Fsp3) is 0.350. The Balaban J connectivity index is 1.47. The highest BCUT2D eigenvalue weighted by Crippen LogP contribution is 2.27. The fourth-order valence-corrected chi connectivity index (χ4v) is 3.76. The van der Waals surface area contributed by atoms with E-state index in [0.717, 1.165) is 44.6 Å². The van der Waals surface area contributed by atoms with E-state index in [1.807, 2.05) is 11.0 Å². The SMILES string of the molecule is O=C(CN1CCc2ccccc2C1)N1CCCc2ccccc21. The van der Waals surface area contributed by atoms with E-state index >= 15 is 0 Å². The van der Waals surface area contributed by atoms with E-state index < -0.39 is 0 Å². The van der Waals surface area contributed by atoms with Crippen LogP contribution >= 0.6 is 0 Å². The maximum atomic E-state index is 12.8. The maximum absolute atomic E-state index is 12.8. The summed E-state index contributed by atoms with van der Waals surface area (Å²) in [5.74, 6) is 0.233. The number of nitrogens with zero attached hydrogens (tertiary/aromatic N) is 2. The smallest absolute Gasteiger partial charge is 0.241 e. The Morgan fingerprint density at radius 1 is 0.870 bits per heavy atom. The van der Waals surface area contributed by atoms with Crippen molar-refractivity contribution in [1.29, 1.82) is 0 Å². The molecule has 2 heterocycles. The quantitative estimate of drug-likeness (QED) is 0.851. The molecule has 0 aromatic heterocycles. The number of amides is 1. The minimum absolute atomic E-state index is 0.233. The molecule has 23 heavy (non-hydrogen) atoms. The summed E-state index contributed by atoms with van der Waals surface area (Å²) in [6.45, 7) is 3.22. The van der Waals surface area contributed by atoms with Gasteiger partial charge in [0.05, 0.1) is 6.54 Å². The molecule has 0 fully saturated rings. The van der Waals surface area contributed by atoms with Crippen molar-refractivity contribution >= 4 is 11.6 Å². The summed E-state index contributed by atoms with van der Waals surface area (Å²) in [4.78, 5) is 17.1. The van der Waals surface area contributed by atoms with Crippen LogP contribution in [0.2, 0.25) is 0 Å². The molecule has 0 radical (unpaired) electrons. The Morgan fingerprint density at radius 2 is 1.61 bits per heavy atom. The lowest BCUT2D eigenvalue weighted by atomic mass is 9.99. The number of benzene rings is 2.